The van der Waals surface area contributed by atoms with Crippen molar-refractivity contribution in [2.45, 2.75) is 17.7 Å². The van der Waals surface area contributed by atoms with E-state index >= 15 is 0 Å². The molecular formula is C17H15ClNNaO4S. The summed E-state index contributed by atoms with van der Waals surface area (Å²) in [5, 5.41) is 10.4. The van der Waals surface area contributed by atoms with Gasteiger partial charge in [0.15, 0.2) is 0 Å². The van der Waals surface area contributed by atoms with Crippen LogP contribution in [0.15, 0.2) is 59.5 Å². The molecule has 0 aliphatic rings. The number of hydrogen-bond donors (Lipinski definition) is 1. The molecule has 1 atom stereocenters. The molecule has 1 N–H and O–H groups in total. The molecule has 0 aliphatic heterocycles. The molecule has 3 aromatic rings. The van der Waals surface area contributed by atoms with Crippen LogP contribution in [0.2, 0.25) is 5.02 Å². The number of carboxylic acid groups (broad SMARTS) is 1. The molecule has 3 rings (SSSR count). The van der Waals surface area contributed by atoms with Crippen LogP contribution < -0.4 is 0 Å². The average Bonchev–Trinajstić information content (AvgIpc) is 2.93. The number of aromatic nitrogens is 1. The molecule has 0 spiro atoms. The molecule has 0 saturated carbocycles. The molecule has 0 amide bonds. The van der Waals surface area contributed by atoms with Crippen molar-refractivity contribution in [1.82, 2.24) is 3.97 Å². The van der Waals surface area contributed by atoms with Crippen LogP contribution in [-0.2, 0) is 14.8 Å². The first-order valence-corrected chi connectivity index (χ1v) is 8.98. The summed E-state index contributed by atoms with van der Waals surface area (Å²) in [6, 6.07) is 14.2. The van der Waals surface area contributed by atoms with Crippen LogP contribution in [-0.4, -0.2) is 53.0 Å². The fourth-order valence-corrected chi connectivity index (χ4v) is 4.38. The normalized spacial score (nSPS) is 12.6. The van der Waals surface area contributed by atoms with Gasteiger partial charge < -0.3 is 5.11 Å². The van der Waals surface area contributed by atoms with Crippen molar-refractivity contribution in [3.05, 3.63) is 65.3 Å². The molecule has 0 aliphatic carbocycles. The molecule has 5 nitrogen and oxygen atoms in total. The second-order valence-electron chi connectivity index (χ2n) is 5.41. The molecule has 8 heteroatoms. The summed E-state index contributed by atoms with van der Waals surface area (Å²) in [6.07, 6.45) is 0. The zero-order chi connectivity index (χ0) is 17.5. The Hall–Kier alpha value is -1.31. The number of fused-ring (bicyclic) bond motifs is 1. The van der Waals surface area contributed by atoms with Gasteiger partial charge in [0.05, 0.1) is 16.3 Å². The first kappa shape index (κ1) is 20.0. The summed E-state index contributed by atoms with van der Waals surface area (Å²) in [5.41, 5.74) is 0.579. The molecule has 126 valence electrons. The number of carboxylic acids is 1. The van der Waals surface area contributed by atoms with Crippen molar-refractivity contribution < 1.29 is 18.3 Å². The average molecular weight is 388 g/mol. The molecular weight excluding hydrogens is 373 g/mol. The van der Waals surface area contributed by atoms with Gasteiger partial charge in [-0.3, -0.25) is 4.79 Å². The van der Waals surface area contributed by atoms with E-state index in [0.29, 0.717) is 15.9 Å². The van der Waals surface area contributed by atoms with E-state index in [-0.39, 0.29) is 40.1 Å². The van der Waals surface area contributed by atoms with Gasteiger partial charge in [-0.25, -0.2) is 12.4 Å². The summed E-state index contributed by atoms with van der Waals surface area (Å²) in [7, 11) is -3.93. The van der Waals surface area contributed by atoms with E-state index in [9.17, 15) is 18.3 Å². The Kier molecular flexibility index (Phi) is 6.01. The predicted molar refractivity (Wildman–Crippen MR) is 99.2 cm³/mol. The van der Waals surface area contributed by atoms with Gasteiger partial charge in [-0.15, -0.1) is 0 Å². The van der Waals surface area contributed by atoms with Crippen LogP contribution in [0.5, 0.6) is 0 Å². The van der Waals surface area contributed by atoms with Gasteiger partial charge in [0.2, 0.25) is 0 Å². The van der Waals surface area contributed by atoms with E-state index in [0.717, 1.165) is 3.97 Å². The molecule has 0 saturated heterocycles. The number of aliphatic carboxylic acids is 1. The molecule has 0 fully saturated rings. The van der Waals surface area contributed by atoms with Gasteiger partial charge in [0.1, 0.15) is 0 Å². The van der Waals surface area contributed by atoms with E-state index in [1.165, 1.54) is 19.1 Å². The second-order valence-corrected chi connectivity index (χ2v) is 7.64. The number of rotatable bonds is 4. The maximum atomic E-state index is 13.1. The zero-order valence-electron chi connectivity index (χ0n) is 12.7. The van der Waals surface area contributed by atoms with E-state index in [2.05, 4.69) is 0 Å². The monoisotopic (exact) mass is 387 g/mol. The fourth-order valence-electron chi connectivity index (χ4n) is 2.58. The molecule has 0 radical (unpaired) electrons. The van der Waals surface area contributed by atoms with Crippen molar-refractivity contribution in [1.29, 1.82) is 0 Å². The van der Waals surface area contributed by atoms with Gasteiger partial charge in [-0.05, 0) is 43.3 Å². The Balaban J connectivity index is 0.00000225. The van der Waals surface area contributed by atoms with E-state index < -0.39 is 21.9 Å². The summed E-state index contributed by atoms with van der Waals surface area (Å²) in [6.45, 7) is 1.45. The van der Waals surface area contributed by atoms with Crippen LogP contribution in [0.4, 0.5) is 0 Å². The Morgan fingerprint density at radius 3 is 2.36 bits per heavy atom. The second kappa shape index (κ2) is 7.51. The van der Waals surface area contributed by atoms with Crippen LogP contribution >= 0.6 is 11.6 Å². The number of hydrogen-bond acceptors (Lipinski definition) is 3. The third-order valence-corrected chi connectivity index (χ3v) is 5.83. The van der Waals surface area contributed by atoms with Crippen LogP contribution in [0.25, 0.3) is 10.9 Å². The third kappa shape index (κ3) is 3.64. The maximum absolute atomic E-state index is 13.1. The number of nitrogens with zero attached hydrogens (tertiary/aromatic N) is 1. The van der Waals surface area contributed by atoms with Gasteiger partial charge in [-0.2, -0.15) is 0 Å². The summed E-state index contributed by atoms with van der Waals surface area (Å²) in [4.78, 5) is 11.5. The zero-order valence-corrected chi connectivity index (χ0v) is 14.3. The molecule has 1 aromatic heterocycles. The van der Waals surface area contributed by atoms with Crippen LogP contribution in [0, 0.1) is 0 Å². The Bertz CT molecular complexity index is 1030. The minimum atomic E-state index is -3.93. The fraction of sp³-hybridized carbons (Fsp3) is 0.118. The van der Waals surface area contributed by atoms with E-state index in [4.69, 9.17) is 11.6 Å². The Labute approximate surface area is 172 Å². The quantitative estimate of drug-likeness (QED) is 0.698. The van der Waals surface area contributed by atoms with Crippen LogP contribution in [0.3, 0.4) is 0 Å². The standard InChI is InChI=1S/C17H14ClNO4S.Na.H/c1-11(17(20)21)16-10-12-9-13(18)7-8-15(12)19(16)24(22,23)14-5-3-2-4-6-14;;/h2-11H,1H3,(H,20,21);;. The van der Waals surface area contributed by atoms with E-state index in [1.54, 1.807) is 42.5 Å². The van der Waals surface area contributed by atoms with Gasteiger partial charge in [0.25, 0.3) is 10.0 Å². The molecule has 1 heterocycles. The molecule has 25 heavy (non-hydrogen) atoms. The van der Waals surface area contributed by atoms with Crippen molar-refractivity contribution in [3.63, 3.8) is 0 Å². The number of benzene rings is 2. The summed E-state index contributed by atoms with van der Waals surface area (Å²) in [5.74, 6) is -2.09. The molecule has 0 bridgehead atoms. The van der Waals surface area contributed by atoms with Gasteiger partial charge in [-0.1, -0.05) is 29.8 Å². The Morgan fingerprint density at radius 2 is 1.76 bits per heavy atom. The molecule has 1 unspecified atom stereocenters. The predicted octanol–water partition coefficient (Wildman–Crippen LogP) is 3.07. The SMILES string of the molecule is CC(C(=O)O)c1cc2cc(Cl)ccc2n1S(=O)(=O)c1ccccc1.[NaH]. The van der Waals surface area contributed by atoms with Gasteiger partial charge >= 0.3 is 35.5 Å². The van der Waals surface area contributed by atoms with Crippen molar-refractivity contribution in [2.24, 2.45) is 0 Å². The van der Waals surface area contributed by atoms with Crippen molar-refractivity contribution in [2.75, 3.05) is 0 Å². The van der Waals surface area contributed by atoms with Gasteiger partial charge in [0, 0.05) is 16.1 Å². The van der Waals surface area contributed by atoms with Crippen molar-refractivity contribution in [3.8, 4) is 0 Å². The van der Waals surface area contributed by atoms with E-state index in [1.807, 2.05) is 0 Å². The molecule has 2 aromatic carbocycles. The first-order chi connectivity index (χ1) is 11.3. The topological polar surface area (TPSA) is 76.4 Å². The first-order valence-electron chi connectivity index (χ1n) is 7.16. The van der Waals surface area contributed by atoms with Crippen molar-refractivity contribution >= 4 is 68.1 Å². The number of halogens is 1. The van der Waals surface area contributed by atoms with Crippen LogP contribution in [0.1, 0.15) is 18.5 Å². The number of carbonyl (C=O) groups is 1. The minimum absolute atomic E-state index is 0. The Morgan fingerprint density at radius 1 is 1.12 bits per heavy atom. The summed E-state index contributed by atoms with van der Waals surface area (Å²) < 4.78 is 27.2. The third-order valence-electron chi connectivity index (χ3n) is 3.84. The summed E-state index contributed by atoms with van der Waals surface area (Å²) >= 11 is 5.98.